The van der Waals surface area contributed by atoms with Crippen LogP contribution in [0.15, 0.2) is 6.07 Å². The second-order valence-electron chi connectivity index (χ2n) is 6.13. The molecule has 1 N–H and O–H groups in total. The molecule has 21 heavy (non-hydrogen) atoms. The maximum absolute atomic E-state index is 12.7. The molecule has 0 radical (unpaired) electrons. The molecule has 2 aliphatic rings. The van der Waals surface area contributed by atoms with E-state index in [9.17, 15) is 13.2 Å². The second-order valence-corrected chi connectivity index (χ2v) is 9.16. The normalized spacial score (nSPS) is 30.2. The molecule has 1 atom stereocenters. The monoisotopic (exact) mass is 429 g/mol. The van der Waals surface area contributed by atoms with Gasteiger partial charge >= 0.3 is 6.18 Å². The molecule has 1 heterocycles. The third-order valence-corrected chi connectivity index (χ3v) is 6.68. The first-order chi connectivity index (χ1) is 9.93. The summed E-state index contributed by atoms with van der Waals surface area (Å²) >= 11 is 4.22. The van der Waals surface area contributed by atoms with Crippen molar-refractivity contribution >= 4 is 33.9 Å². The molecule has 1 unspecified atom stereocenters. The Kier molecular flexibility index (Phi) is 4.86. The Balaban J connectivity index is 1.59. The predicted molar refractivity (Wildman–Crippen MR) is 87.7 cm³/mol. The van der Waals surface area contributed by atoms with Crippen LogP contribution in [0, 0.1) is 8.80 Å². The van der Waals surface area contributed by atoms with Crippen molar-refractivity contribution in [1.29, 1.82) is 0 Å². The minimum absolute atomic E-state index is 0.247. The number of nitrogens with one attached hydrogen (secondary N) is 1. The smallest absolute Gasteiger partial charge is 0.307 e. The van der Waals surface area contributed by atoms with Crippen LogP contribution in [0.3, 0.4) is 0 Å². The van der Waals surface area contributed by atoms with Crippen molar-refractivity contribution in [1.82, 2.24) is 5.32 Å². The molecule has 1 aromatic rings. The molecule has 0 aromatic carbocycles. The van der Waals surface area contributed by atoms with Gasteiger partial charge in [0.2, 0.25) is 0 Å². The van der Waals surface area contributed by atoms with E-state index < -0.39 is 12.1 Å². The zero-order chi connectivity index (χ0) is 15.0. The van der Waals surface area contributed by atoms with Crippen molar-refractivity contribution in [2.45, 2.75) is 63.2 Å². The van der Waals surface area contributed by atoms with E-state index in [-0.39, 0.29) is 18.9 Å². The van der Waals surface area contributed by atoms with Gasteiger partial charge in [-0.05, 0) is 79.2 Å². The Morgan fingerprint density at radius 3 is 2.52 bits per heavy atom. The van der Waals surface area contributed by atoms with E-state index in [1.807, 2.05) is 11.3 Å². The number of halogens is 4. The SMILES string of the molecule is FC(F)(F)C1CCC(NC2CCCc3sc(I)cc32)CC1. The Morgan fingerprint density at radius 1 is 1.14 bits per heavy atom. The van der Waals surface area contributed by atoms with Crippen molar-refractivity contribution in [2.75, 3.05) is 0 Å². The van der Waals surface area contributed by atoms with Crippen LogP contribution in [0.25, 0.3) is 0 Å². The van der Waals surface area contributed by atoms with E-state index in [0.29, 0.717) is 18.9 Å². The highest BCUT2D eigenvalue weighted by atomic mass is 127. The van der Waals surface area contributed by atoms with Crippen LogP contribution in [-0.4, -0.2) is 12.2 Å². The van der Waals surface area contributed by atoms with E-state index in [1.165, 1.54) is 19.7 Å². The van der Waals surface area contributed by atoms with E-state index >= 15 is 0 Å². The molecule has 6 heteroatoms. The van der Waals surface area contributed by atoms with Gasteiger partial charge in [-0.2, -0.15) is 13.2 Å². The summed E-state index contributed by atoms with van der Waals surface area (Å²) in [7, 11) is 0. The molecular weight excluding hydrogens is 410 g/mol. The van der Waals surface area contributed by atoms with Crippen LogP contribution in [0.4, 0.5) is 13.2 Å². The van der Waals surface area contributed by atoms with E-state index in [0.717, 1.165) is 12.8 Å². The molecule has 1 aromatic heterocycles. The third-order valence-electron chi connectivity index (χ3n) is 4.71. The first kappa shape index (κ1) is 16.1. The minimum Gasteiger partial charge on any atom is -0.307 e. The molecule has 0 amide bonds. The van der Waals surface area contributed by atoms with Crippen molar-refractivity contribution in [3.05, 3.63) is 19.4 Å². The number of alkyl halides is 3. The number of hydrogen-bond donors (Lipinski definition) is 1. The summed E-state index contributed by atoms with van der Waals surface area (Å²) in [5.41, 5.74) is 1.40. The van der Waals surface area contributed by atoms with Gasteiger partial charge in [0, 0.05) is 17.0 Å². The average molecular weight is 429 g/mol. The molecule has 1 saturated carbocycles. The first-order valence-electron chi connectivity index (χ1n) is 7.54. The maximum Gasteiger partial charge on any atom is 0.391 e. The largest absolute Gasteiger partial charge is 0.391 e. The van der Waals surface area contributed by atoms with Gasteiger partial charge in [-0.3, -0.25) is 0 Å². The van der Waals surface area contributed by atoms with Crippen LogP contribution in [0.2, 0.25) is 0 Å². The fraction of sp³-hybridized carbons (Fsp3) is 0.733. The quantitative estimate of drug-likeness (QED) is 0.618. The fourth-order valence-electron chi connectivity index (χ4n) is 3.57. The number of aryl methyl sites for hydroxylation is 1. The second kappa shape index (κ2) is 6.35. The summed E-state index contributed by atoms with van der Waals surface area (Å²) in [6.07, 6.45) is 1.30. The fourth-order valence-corrected chi connectivity index (χ4v) is 5.69. The first-order valence-corrected chi connectivity index (χ1v) is 9.44. The van der Waals surface area contributed by atoms with Gasteiger partial charge in [-0.1, -0.05) is 0 Å². The summed E-state index contributed by atoms with van der Waals surface area (Å²) in [6, 6.07) is 2.84. The molecule has 1 nitrogen and oxygen atoms in total. The van der Waals surface area contributed by atoms with E-state index in [4.69, 9.17) is 0 Å². The molecular formula is C15H19F3INS. The molecule has 1 fully saturated rings. The molecule has 0 spiro atoms. The minimum atomic E-state index is -4.01. The Bertz CT molecular complexity index is 492. The van der Waals surface area contributed by atoms with Crippen molar-refractivity contribution in [2.24, 2.45) is 5.92 Å². The lowest BCUT2D eigenvalue weighted by atomic mass is 9.84. The van der Waals surface area contributed by atoms with Crippen LogP contribution in [-0.2, 0) is 6.42 Å². The Hall–Kier alpha value is 0.180. The average Bonchev–Trinajstić information content (AvgIpc) is 2.80. The summed E-state index contributed by atoms with van der Waals surface area (Å²) < 4.78 is 39.4. The number of thiophene rings is 1. The van der Waals surface area contributed by atoms with Crippen molar-refractivity contribution in [3.63, 3.8) is 0 Å². The standard InChI is InChI=1S/C15H19F3INS/c16-15(17,18)9-4-6-10(7-5-9)20-12-2-1-3-13-11(12)8-14(19)21-13/h8-10,12,20H,1-7H2. The lowest BCUT2D eigenvalue weighted by Crippen LogP contribution is -2.39. The van der Waals surface area contributed by atoms with Gasteiger partial charge in [0.15, 0.2) is 0 Å². The van der Waals surface area contributed by atoms with Crippen LogP contribution >= 0.6 is 33.9 Å². The van der Waals surface area contributed by atoms with Crippen LogP contribution in [0.1, 0.15) is 55.0 Å². The van der Waals surface area contributed by atoms with Crippen molar-refractivity contribution < 1.29 is 13.2 Å². The summed E-state index contributed by atoms with van der Waals surface area (Å²) in [4.78, 5) is 1.46. The van der Waals surface area contributed by atoms with Gasteiger partial charge in [-0.15, -0.1) is 11.3 Å². The van der Waals surface area contributed by atoms with Gasteiger partial charge in [0.25, 0.3) is 0 Å². The summed E-state index contributed by atoms with van der Waals surface area (Å²) in [6.45, 7) is 0. The number of rotatable bonds is 2. The summed E-state index contributed by atoms with van der Waals surface area (Å²) in [5, 5.41) is 3.64. The zero-order valence-corrected chi connectivity index (χ0v) is 14.7. The van der Waals surface area contributed by atoms with Gasteiger partial charge in [0.05, 0.1) is 8.80 Å². The lowest BCUT2D eigenvalue weighted by Gasteiger charge is -2.34. The predicted octanol–water partition coefficient (Wildman–Crippen LogP) is 5.44. The highest BCUT2D eigenvalue weighted by Gasteiger charge is 2.41. The van der Waals surface area contributed by atoms with Crippen LogP contribution < -0.4 is 5.32 Å². The highest BCUT2D eigenvalue weighted by Crippen LogP contribution is 2.40. The summed E-state index contributed by atoms with van der Waals surface area (Å²) in [5.74, 6) is -1.08. The molecule has 0 aliphatic heterocycles. The lowest BCUT2D eigenvalue weighted by molar-refractivity contribution is -0.182. The molecule has 0 bridgehead atoms. The zero-order valence-electron chi connectivity index (χ0n) is 11.7. The topological polar surface area (TPSA) is 12.0 Å². The Morgan fingerprint density at radius 2 is 1.86 bits per heavy atom. The maximum atomic E-state index is 12.7. The van der Waals surface area contributed by atoms with Crippen LogP contribution in [0.5, 0.6) is 0 Å². The third kappa shape index (κ3) is 3.75. The van der Waals surface area contributed by atoms with Gasteiger partial charge in [0.1, 0.15) is 0 Å². The Labute approximate surface area is 140 Å². The molecule has 2 aliphatic carbocycles. The number of hydrogen-bond acceptors (Lipinski definition) is 2. The van der Waals surface area contributed by atoms with E-state index in [2.05, 4.69) is 34.0 Å². The number of fused-ring (bicyclic) bond motifs is 1. The van der Waals surface area contributed by atoms with Gasteiger partial charge < -0.3 is 5.32 Å². The highest BCUT2D eigenvalue weighted by molar-refractivity contribution is 14.1. The van der Waals surface area contributed by atoms with Gasteiger partial charge in [-0.25, -0.2) is 0 Å². The molecule has 0 saturated heterocycles. The molecule has 3 rings (SSSR count). The molecule has 118 valence electrons. The van der Waals surface area contributed by atoms with E-state index in [1.54, 1.807) is 0 Å². The van der Waals surface area contributed by atoms with Crippen molar-refractivity contribution in [3.8, 4) is 0 Å².